The Labute approximate surface area is 85.6 Å². The van der Waals surface area contributed by atoms with Crippen LogP contribution >= 0.6 is 0 Å². The number of anilines is 1. The van der Waals surface area contributed by atoms with Gasteiger partial charge in [-0.1, -0.05) is 25.1 Å². The van der Waals surface area contributed by atoms with Crippen molar-refractivity contribution in [2.75, 3.05) is 12.3 Å². The third-order valence-electron chi connectivity index (χ3n) is 2.63. The largest absolute Gasteiger partial charge is 0.399 e. The zero-order chi connectivity index (χ0) is 10.6. The van der Waals surface area contributed by atoms with Gasteiger partial charge in [0.25, 0.3) is 0 Å². The predicted octanol–water partition coefficient (Wildman–Crippen LogP) is 2.06. The van der Waals surface area contributed by atoms with Crippen molar-refractivity contribution in [1.29, 1.82) is 0 Å². The Bertz CT molecular complexity index is 320. The van der Waals surface area contributed by atoms with Crippen molar-refractivity contribution in [3.63, 3.8) is 0 Å². The van der Waals surface area contributed by atoms with E-state index in [1.54, 1.807) is 0 Å². The van der Waals surface area contributed by atoms with Gasteiger partial charge in [-0.3, -0.25) is 0 Å². The van der Waals surface area contributed by atoms with Crippen LogP contribution in [0.4, 0.5) is 5.69 Å². The summed E-state index contributed by atoms with van der Waals surface area (Å²) in [6.45, 7) is 6.48. The molecular weight excluding hydrogens is 172 g/mol. The van der Waals surface area contributed by atoms with Crippen LogP contribution in [0.1, 0.15) is 18.9 Å². The van der Waals surface area contributed by atoms with E-state index < -0.39 is 0 Å². The smallest absolute Gasteiger partial charge is 0.0316 e. The standard InChI is InChI=1S/C12H18N2/c1-3-7-12(2,9-13)10-5-4-6-11(14)8-10/h3-6,8H,1,7,9,13-14H2,2H3. The molecule has 0 spiro atoms. The lowest BCUT2D eigenvalue weighted by Gasteiger charge is -2.27. The van der Waals surface area contributed by atoms with Gasteiger partial charge in [-0.25, -0.2) is 0 Å². The van der Waals surface area contributed by atoms with Crippen molar-refractivity contribution in [2.24, 2.45) is 5.73 Å². The van der Waals surface area contributed by atoms with Crippen LogP contribution in [-0.2, 0) is 5.41 Å². The van der Waals surface area contributed by atoms with E-state index in [-0.39, 0.29) is 5.41 Å². The average molecular weight is 190 g/mol. The van der Waals surface area contributed by atoms with Crippen LogP contribution < -0.4 is 11.5 Å². The maximum atomic E-state index is 5.79. The molecule has 0 fully saturated rings. The van der Waals surface area contributed by atoms with E-state index in [2.05, 4.69) is 19.6 Å². The van der Waals surface area contributed by atoms with Gasteiger partial charge in [0.2, 0.25) is 0 Å². The molecule has 1 atom stereocenters. The van der Waals surface area contributed by atoms with Crippen LogP contribution in [0.5, 0.6) is 0 Å². The number of benzene rings is 1. The van der Waals surface area contributed by atoms with Crippen molar-refractivity contribution in [3.8, 4) is 0 Å². The molecule has 76 valence electrons. The number of hydrogen-bond acceptors (Lipinski definition) is 2. The Hall–Kier alpha value is -1.28. The molecule has 2 heteroatoms. The lowest BCUT2D eigenvalue weighted by Crippen LogP contribution is -2.31. The van der Waals surface area contributed by atoms with Gasteiger partial charge in [0, 0.05) is 17.6 Å². The minimum Gasteiger partial charge on any atom is -0.399 e. The first-order chi connectivity index (χ1) is 6.62. The van der Waals surface area contributed by atoms with Crippen LogP contribution in [0.25, 0.3) is 0 Å². The molecule has 4 N–H and O–H groups in total. The second kappa shape index (κ2) is 4.29. The van der Waals surface area contributed by atoms with E-state index in [9.17, 15) is 0 Å². The maximum absolute atomic E-state index is 5.79. The van der Waals surface area contributed by atoms with Crippen LogP contribution in [0.15, 0.2) is 36.9 Å². The summed E-state index contributed by atoms with van der Waals surface area (Å²) in [5.74, 6) is 0. The predicted molar refractivity (Wildman–Crippen MR) is 62.1 cm³/mol. The van der Waals surface area contributed by atoms with E-state index in [0.717, 1.165) is 12.1 Å². The fourth-order valence-electron chi connectivity index (χ4n) is 1.55. The molecule has 0 aliphatic rings. The zero-order valence-electron chi connectivity index (χ0n) is 8.66. The molecule has 0 saturated heterocycles. The lowest BCUT2D eigenvalue weighted by atomic mass is 9.79. The Balaban J connectivity index is 3.05. The van der Waals surface area contributed by atoms with E-state index in [1.165, 1.54) is 5.56 Å². The van der Waals surface area contributed by atoms with Crippen molar-refractivity contribution in [1.82, 2.24) is 0 Å². The third kappa shape index (κ3) is 2.15. The van der Waals surface area contributed by atoms with Gasteiger partial charge < -0.3 is 11.5 Å². The van der Waals surface area contributed by atoms with E-state index in [1.807, 2.05) is 24.3 Å². The summed E-state index contributed by atoms with van der Waals surface area (Å²) in [7, 11) is 0. The summed E-state index contributed by atoms with van der Waals surface area (Å²) < 4.78 is 0. The fourth-order valence-corrected chi connectivity index (χ4v) is 1.55. The van der Waals surface area contributed by atoms with Crippen molar-refractivity contribution in [2.45, 2.75) is 18.8 Å². The van der Waals surface area contributed by atoms with Crippen LogP contribution in [0, 0.1) is 0 Å². The number of rotatable bonds is 4. The van der Waals surface area contributed by atoms with Crippen LogP contribution in [0.3, 0.4) is 0 Å². The molecule has 0 aromatic heterocycles. The van der Waals surface area contributed by atoms with Gasteiger partial charge in [0.15, 0.2) is 0 Å². The van der Waals surface area contributed by atoms with E-state index in [0.29, 0.717) is 6.54 Å². The molecule has 2 nitrogen and oxygen atoms in total. The molecule has 0 radical (unpaired) electrons. The highest BCUT2D eigenvalue weighted by Gasteiger charge is 2.23. The van der Waals surface area contributed by atoms with Crippen molar-refractivity contribution in [3.05, 3.63) is 42.5 Å². The zero-order valence-corrected chi connectivity index (χ0v) is 8.66. The molecule has 1 unspecified atom stereocenters. The second-order valence-electron chi connectivity index (χ2n) is 3.88. The minimum atomic E-state index is -0.0445. The normalized spacial score (nSPS) is 14.7. The van der Waals surface area contributed by atoms with Crippen LogP contribution in [-0.4, -0.2) is 6.54 Å². The summed E-state index contributed by atoms with van der Waals surface area (Å²) >= 11 is 0. The number of nitrogens with two attached hydrogens (primary N) is 2. The molecule has 0 heterocycles. The molecule has 0 aliphatic carbocycles. The highest BCUT2D eigenvalue weighted by Crippen LogP contribution is 2.27. The first-order valence-corrected chi connectivity index (χ1v) is 4.79. The number of hydrogen-bond donors (Lipinski definition) is 2. The van der Waals surface area contributed by atoms with Crippen molar-refractivity contribution < 1.29 is 0 Å². The highest BCUT2D eigenvalue weighted by molar-refractivity contribution is 5.43. The van der Waals surface area contributed by atoms with E-state index in [4.69, 9.17) is 11.5 Å². The third-order valence-corrected chi connectivity index (χ3v) is 2.63. The molecule has 14 heavy (non-hydrogen) atoms. The van der Waals surface area contributed by atoms with Crippen molar-refractivity contribution >= 4 is 5.69 Å². The summed E-state index contributed by atoms with van der Waals surface area (Å²) in [6, 6.07) is 7.89. The molecule has 1 aromatic rings. The first-order valence-electron chi connectivity index (χ1n) is 4.79. The summed E-state index contributed by atoms with van der Waals surface area (Å²) in [4.78, 5) is 0. The second-order valence-corrected chi connectivity index (χ2v) is 3.88. The Morgan fingerprint density at radius 3 is 2.71 bits per heavy atom. The molecule has 0 bridgehead atoms. The summed E-state index contributed by atoms with van der Waals surface area (Å²) in [5.41, 5.74) is 13.4. The van der Waals surface area contributed by atoms with Gasteiger partial charge in [-0.15, -0.1) is 6.58 Å². The molecule has 1 aromatic carbocycles. The number of nitrogen functional groups attached to an aromatic ring is 1. The molecule has 0 aliphatic heterocycles. The van der Waals surface area contributed by atoms with E-state index >= 15 is 0 Å². The first kappa shape index (κ1) is 10.8. The molecule has 0 amide bonds. The molecule has 0 saturated carbocycles. The molecular formula is C12H18N2. The van der Waals surface area contributed by atoms with Gasteiger partial charge in [0.05, 0.1) is 0 Å². The minimum absolute atomic E-state index is 0.0445. The van der Waals surface area contributed by atoms with Gasteiger partial charge in [-0.05, 0) is 24.1 Å². The quantitative estimate of drug-likeness (QED) is 0.564. The van der Waals surface area contributed by atoms with Gasteiger partial charge in [-0.2, -0.15) is 0 Å². The number of allylic oxidation sites excluding steroid dienone is 1. The fraction of sp³-hybridized carbons (Fsp3) is 0.333. The maximum Gasteiger partial charge on any atom is 0.0316 e. The lowest BCUT2D eigenvalue weighted by molar-refractivity contribution is 0.491. The Morgan fingerprint density at radius 1 is 1.50 bits per heavy atom. The average Bonchev–Trinajstić information content (AvgIpc) is 2.18. The molecule has 1 rings (SSSR count). The Morgan fingerprint density at radius 2 is 2.21 bits per heavy atom. The SMILES string of the molecule is C=CCC(C)(CN)c1cccc(N)c1. The van der Waals surface area contributed by atoms with Gasteiger partial charge in [0.1, 0.15) is 0 Å². The summed E-state index contributed by atoms with van der Waals surface area (Å²) in [5, 5.41) is 0. The monoisotopic (exact) mass is 190 g/mol. The van der Waals surface area contributed by atoms with Gasteiger partial charge >= 0.3 is 0 Å². The Kier molecular flexibility index (Phi) is 3.31. The highest BCUT2D eigenvalue weighted by atomic mass is 14.6. The summed E-state index contributed by atoms with van der Waals surface area (Å²) in [6.07, 6.45) is 2.77. The topological polar surface area (TPSA) is 52.0 Å². The van der Waals surface area contributed by atoms with Crippen LogP contribution in [0.2, 0.25) is 0 Å².